The molecule has 0 aliphatic carbocycles. The molecule has 0 saturated carbocycles. The average molecular weight is 286 g/mol. The normalized spacial score (nSPS) is 29.2. The molecule has 2 aliphatic rings. The maximum atomic E-state index is 12.6. The lowest BCUT2D eigenvalue weighted by Crippen LogP contribution is -2.45. The number of hydrogen-bond donors (Lipinski definition) is 1. The van der Waals surface area contributed by atoms with Gasteiger partial charge in [-0.25, -0.2) is 0 Å². The molecule has 1 atom stereocenters. The number of amides is 1. The largest absolute Gasteiger partial charge is 0.480 e. The summed E-state index contributed by atoms with van der Waals surface area (Å²) < 4.78 is -0.248. The lowest BCUT2D eigenvalue weighted by Gasteiger charge is -2.30. The van der Waals surface area contributed by atoms with Crippen LogP contribution in [0.5, 0.6) is 0 Å². The van der Waals surface area contributed by atoms with Crippen molar-refractivity contribution < 1.29 is 14.7 Å². The first-order valence-corrected chi connectivity index (χ1v) is 7.87. The fraction of sp³-hybridized carbons (Fsp3) is 0.846. The molecule has 0 aromatic carbocycles. The first kappa shape index (κ1) is 14.7. The van der Waals surface area contributed by atoms with E-state index in [0.29, 0.717) is 13.1 Å². The van der Waals surface area contributed by atoms with Crippen molar-refractivity contribution in [3.05, 3.63) is 0 Å². The molecule has 1 N–H and O–H groups in total. The van der Waals surface area contributed by atoms with Gasteiger partial charge in [0.1, 0.15) is 0 Å². The number of carbonyl (C=O) groups is 2. The standard InChI is InChI=1S/C13H22N2O3S/c1-13(4-2-9-19-13)12(18)15-6-3-5-14(7-8-15)10-11(16)17/h2-10H2,1H3,(H,16,17). The van der Waals surface area contributed by atoms with Gasteiger partial charge in [0.2, 0.25) is 5.91 Å². The number of nitrogens with zero attached hydrogens (tertiary/aromatic N) is 2. The van der Waals surface area contributed by atoms with Crippen LogP contribution in [0.25, 0.3) is 0 Å². The molecule has 0 aromatic rings. The number of carboxylic acid groups (broad SMARTS) is 1. The number of carboxylic acids is 1. The third kappa shape index (κ3) is 3.63. The number of aliphatic carboxylic acids is 1. The van der Waals surface area contributed by atoms with Crippen LogP contribution in [0.3, 0.4) is 0 Å². The quantitative estimate of drug-likeness (QED) is 0.835. The Morgan fingerprint density at radius 1 is 1.21 bits per heavy atom. The molecule has 2 saturated heterocycles. The van der Waals surface area contributed by atoms with E-state index in [9.17, 15) is 9.59 Å². The van der Waals surface area contributed by atoms with Crippen LogP contribution in [0.15, 0.2) is 0 Å². The predicted molar refractivity (Wildman–Crippen MR) is 75.4 cm³/mol. The molecule has 0 spiro atoms. The van der Waals surface area contributed by atoms with Crippen molar-refractivity contribution >= 4 is 23.6 Å². The van der Waals surface area contributed by atoms with Crippen LogP contribution in [-0.2, 0) is 9.59 Å². The molecule has 0 aromatic heterocycles. The Hall–Kier alpha value is -0.750. The summed E-state index contributed by atoms with van der Waals surface area (Å²) in [6, 6.07) is 0. The molecule has 1 amide bonds. The van der Waals surface area contributed by atoms with Crippen molar-refractivity contribution in [2.45, 2.75) is 30.9 Å². The van der Waals surface area contributed by atoms with Crippen molar-refractivity contribution in [2.24, 2.45) is 0 Å². The maximum absolute atomic E-state index is 12.6. The van der Waals surface area contributed by atoms with E-state index in [-0.39, 0.29) is 17.2 Å². The molecule has 2 aliphatic heterocycles. The highest BCUT2D eigenvalue weighted by atomic mass is 32.2. The van der Waals surface area contributed by atoms with Crippen LogP contribution < -0.4 is 0 Å². The van der Waals surface area contributed by atoms with E-state index in [1.807, 2.05) is 16.7 Å². The zero-order valence-electron chi connectivity index (χ0n) is 11.4. The molecule has 5 nitrogen and oxygen atoms in total. The van der Waals surface area contributed by atoms with Gasteiger partial charge in [-0.1, -0.05) is 0 Å². The van der Waals surface area contributed by atoms with Gasteiger partial charge in [-0.05, 0) is 31.9 Å². The smallest absolute Gasteiger partial charge is 0.317 e. The second kappa shape index (κ2) is 6.13. The van der Waals surface area contributed by atoms with E-state index in [4.69, 9.17) is 5.11 Å². The summed E-state index contributed by atoms with van der Waals surface area (Å²) in [6.45, 7) is 4.97. The van der Waals surface area contributed by atoms with Gasteiger partial charge < -0.3 is 10.0 Å². The van der Waals surface area contributed by atoms with Crippen molar-refractivity contribution in [1.82, 2.24) is 9.80 Å². The van der Waals surface area contributed by atoms with Crippen LogP contribution in [0.4, 0.5) is 0 Å². The van der Waals surface area contributed by atoms with Crippen LogP contribution >= 0.6 is 11.8 Å². The summed E-state index contributed by atoms with van der Waals surface area (Å²) in [5.41, 5.74) is 0. The fourth-order valence-corrected chi connectivity index (χ4v) is 4.09. The zero-order chi connectivity index (χ0) is 13.9. The van der Waals surface area contributed by atoms with Crippen molar-refractivity contribution in [3.63, 3.8) is 0 Å². The molecular formula is C13H22N2O3S. The van der Waals surface area contributed by atoms with Crippen LogP contribution in [-0.4, -0.2) is 70.0 Å². The van der Waals surface area contributed by atoms with E-state index in [1.165, 1.54) is 0 Å². The minimum absolute atomic E-state index is 0.0774. The second-order valence-electron chi connectivity index (χ2n) is 5.50. The summed E-state index contributed by atoms with van der Waals surface area (Å²) in [5, 5.41) is 8.82. The highest BCUT2D eigenvalue weighted by Crippen LogP contribution is 2.39. The maximum Gasteiger partial charge on any atom is 0.317 e. The summed E-state index contributed by atoms with van der Waals surface area (Å²) in [6.07, 6.45) is 2.94. The van der Waals surface area contributed by atoms with E-state index in [0.717, 1.165) is 38.1 Å². The second-order valence-corrected chi connectivity index (χ2v) is 7.10. The lowest BCUT2D eigenvalue weighted by atomic mass is 10.0. The van der Waals surface area contributed by atoms with Gasteiger partial charge in [0.15, 0.2) is 0 Å². The first-order chi connectivity index (χ1) is 9.01. The molecule has 1 unspecified atom stereocenters. The Morgan fingerprint density at radius 2 is 2.00 bits per heavy atom. The molecule has 0 bridgehead atoms. The highest BCUT2D eigenvalue weighted by Gasteiger charge is 2.40. The molecule has 2 fully saturated rings. The Balaban J connectivity index is 1.91. The van der Waals surface area contributed by atoms with Crippen molar-refractivity contribution in [2.75, 3.05) is 38.5 Å². The summed E-state index contributed by atoms with van der Waals surface area (Å²) in [4.78, 5) is 27.2. The number of rotatable bonds is 3. The summed E-state index contributed by atoms with van der Waals surface area (Å²) in [7, 11) is 0. The van der Waals surface area contributed by atoms with Gasteiger partial charge >= 0.3 is 5.97 Å². The Kier molecular flexibility index (Phi) is 4.73. The van der Waals surface area contributed by atoms with Gasteiger partial charge in [0, 0.05) is 26.2 Å². The molecule has 6 heteroatoms. The molecule has 19 heavy (non-hydrogen) atoms. The topological polar surface area (TPSA) is 60.9 Å². The summed E-state index contributed by atoms with van der Waals surface area (Å²) in [5.74, 6) is 0.520. The Bertz CT molecular complexity index is 356. The van der Waals surface area contributed by atoms with Crippen LogP contribution in [0.2, 0.25) is 0 Å². The zero-order valence-corrected chi connectivity index (χ0v) is 12.2. The number of hydrogen-bond acceptors (Lipinski definition) is 4. The Labute approximate surface area is 118 Å². The van der Waals surface area contributed by atoms with E-state index in [1.54, 1.807) is 11.8 Å². The fourth-order valence-electron chi connectivity index (χ4n) is 2.81. The van der Waals surface area contributed by atoms with E-state index >= 15 is 0 Å². The van der Waals surface area contributed by atoms with Gasteiger partial charge in [-0.3, -0.25) is 14.5 Å². The number of thioether (sulfide) groups is 1. The SMILES string of the molecule is CC1(C(=O)N2CCCN(CC(=O)O)CC2)CCCS1. The first-order valence-electron chi connectivity index (χ1n) is 6.89. The average Bonchev–Trinajstić information content (AvgIpc) is 2.67. The lowest BCUT2D eigenvalue weighted by molar-refractivity contribution is -0.138. The predicted octanol–water partition coefficient (Wildman–Crippen LogP) is 0.891. The van der Waals surface area contributed by atoms with Gasteiger partial charge in [-0.15, -0.1) is 11.8 Å². The van der Waals surface area contributed by atoms with Crippen LogP contribution in [0.1, 0.15) is 26.2 Å². The molecule has 2 rings (SSSR count). The molecule has 0 radical (unpaired) electrons. The third-order valence-electron chi connectivity index (χ3n) is 3.91. The monoisotopic (exact) mass is 286 g/mol. The minimum Gasteiger partial charge on any atom is -0.480 e. The van der Waals surface area contributed by atoms with Gasteiger partial charge in [0.05, 0.1) is 11.3 Å². The third-order valence-corrected chi connectivity index (χ3v) is 5.41. The van der Waals surface area contributed by atoms with E-state index < -0.39 is 5.97 Å². The Morgan fingerprint density at radius 3 is 2.63 bits per heavy atom. The molecule has 2 heterocycles. The number of carbonyl (C=O) groups excluding carboxylic acids is 1. The van der Waals surface area contributed by atoms with Crippen molar-refractivity contribution in [1.29, 1.82) is 0 Å². The van der Waals surface area contributed by atoms with Crippen molar-refractivity contribution in [3.8, 4) is 0 Å². The van der Waals surface area contributed by atoms with E-state index in [2.05, 4.69) is 0 Å². The summed E-state index contributed by atoms with van der Waals surface area (Å²) >= 11 is 1.77. The van der Waals surface area contributed by atoms with Gasteiger partial charge in [0.25, 0.3) is 0 Å². The minimum atomic E-state index is -0.793. The van der Waals surface area contributed by atoms with Gasteiger partial charge in [-0.2, -0.15) is 0 Å². The molecule has 108 valence electrons. The van der Waals surface area contributed by atoms with Crippen LogP contribution in [0, 0.1) is 0 Å². The highest BCUT2D eigenvalue weighted by molar-refractivity contribution is 8.01. The molecular weight excluding hydrogens is 264 g/mol.